The van der Waals surface area contributed by atoms with Crippen LogP contribution in [0, 0.1) is 12.7 Å². The zero-order valence-corrected chi connectivity index (χ0v) is 17.8. The van der Waals surface area contributed by atoms with E-state index in [0.717, 1.165) is 49.3 Å². The van der Waals surface area contributed by atoms with E-state index in [4.69, 9.17) is 0 Å². The van der Waals surface area contributed by atoms with Crippen LogP contribution >= 0.6 is 0 Å². The molecule has 0 fully saturated rings. The highest BCUT2D eigenvalue weighted by Gasteiger charge is 2.20. The van der Waals surface area contributed by atoms with Gasteiger partial charge in [-0.05, 0) is 50.1 Å². The average Bonchev–Trinajstić information content (AvgIpc) is 3.31. The molecule has 7 nitrogen and oxygen atoms in total. The van der Waals surface area contributed by atoms with Crippen molar-refractivity contribution in [2.75, 3.05) is 5.32 Å². The third kappa shape index (κ3) is 3.68. The number of para-hydroxylation sites is 1. The Morgan fingerprint density at radius 3 is 2.75 bits per heavy atom. The maximum absolute atomic E-state index is 14.6. The Labute approximate surface area is 184 Å². The van der Waals surface area contributed by atoms with Gasteiger partial charge in [-0.1, -0.05) is 24.6 Å². The molecule has 5 rings (SSSR count). The molecule has 0 spiro atoms. The molecule has 8 heteroatoms. The number of fused-ring (bicyclic) bond motifs is 1. The number of benzene rings is 2. The molecule has 0 bridgehead atoms. The molecule has 1 aliphatic rings. The van der Waals surface area contributed by atoms with E-state index in [0.29, 0.717) is 17.1 Å². The zero-order valence-electron chi connectivity index (χ0n) is 17.8. The lowest BCUT2D eigenvalue weighted by Crippen LogP contribution is -2.14. The average molecular weight is 430 g/mol. The molecule has 2 aromatic carbocycles. The molecule has 1 amide bonds. The molecule has 1 aliphatic heterocycles. The number of nitrogens with one attached hydrogen (secondary N) is 1. The molecular weight excluding hydrogens is 407 g/mol. The second-order valence-electron chi connectivity index (χ2n) is 7.94. The standard InChI is InChI=1S/C24H23FN6O/c1-16-19(15-26-31(16)18-8-4-2-5-9-18)24(32)27-21-14-17(11-12-20(21)25)23-29-28-22-10-6-3-7-13-30(22)23/h2,4-5,8-9,11-12,14-15H,3,6-7,10,13H2,1H3,(H,27,32). The van der Waals surface area contributed by atoms with Crippen LogP contribution in [0.4, 0.5) is 10.1 Å². The minimum Gasteiger partial charge on any atom is -0.319 e. The van der Waals surface area contributed by atoms with Crippen molar-refractivity contribution in [2.24, 2.45) is 0 Å². The highest BCUT2D eigenvalue weighted by molar-refractivity contribution is 6.05. The van der Waals surface area contributed by atoms with Crippen molar-refractivity contribution < 1.29 is 9.18 Å². The smallest absolute Gasteiger partial charge is 0.259 e. The third-order valence-electron chi connectivity index (χ3n) is 5.84. The van der Waals surface area contributed by atoms with Crippen molar-refractivity contribution in [3.05, 3.63) is 77.6 Å². The maximum atomic E-state index is 14.6. The van der Waals surface area contributed by atoms with Gasteiger partial charge in [0, 0.05) is 18.5 Å². The van der Waals surface area contributed by atoms with E-state index in [2.05, 4.69) is 25.2 Å². The maximum Gasteiger partial charge on any atom is 0.259 e. The van der Waals surface area contributed by atoms with E-state index in [1.54, 1.807) is 16.8 Å². The van der Waals surface area contributed by atoms with Crippen molar-refractivity contribution in [3.8, 4) is 17.1 Å². The van der Waals surface area contributed by atoms with E-state index in [9.17, 15) is 9.18 Å². The first-order valence-electron chi connectivity index (χ1n) is 10.8. The number of anilines is 1. The van der Waals surface area contributed by atoms with E-state index in [1.165, 1.54) is 12.3 Å². The number of carbonyl (C=O) groups excluding carboxylic acids is 1. The van der Waals surface area contributed by atoms with Gasteiger partial charge < -0.3 is 9.88 Å². The molecule has 0 unspecified atom stereocenters. The van der Waals surface area contributed by atoms with Crippen molar-refractivity contribution in [2.45, 2.75) is 39.2 Å². The lowest BCUT2D eigenvalue weighted by Gasteiger charge is -2.11. The second kappa shape index (κ2) is 8.37. The Hall–Kier alpha value is -3.81. The normalized spacial score (nSPS) is 13.4. The minimum absolute atomic E-state index is 0.102. The number of halogens is 1. The Bertz CT molecular complexity index is 1280. The fraction of sp³-hybridized carbons (Fsp3) is 0.250. The molecule has 162 valence electrons. The molecule has 32 heavy (non-hydrogen) atoms. The van der Waals surface area contributed by atoms with Crippen LogP contribution in [0.3, 0.4) is 0 Å². The molecule has 4 aromatic rings. The Morgan fingerprint density at radius 2 is 1.91 bits per heavy atom. The van der Waals surface area contributed by atoms with Gasteiger partial charge in [0.15, 0.2) is 5.82 Å². The lowest BCUT2D eigenvalue weighted by atomic mass is 10.1. The largest absolute Gasteiger partial charge is 0.319 e. The van der Waals surface area contributed by atoms with Crippen molar-refractivity contribution in [3.63, 3.8) is 0 Å². The molecule has 0 aliphatic carbocycles. The molecule has 3 heterocycles. The lowest BCUT2D eigenvalue weighted by molar-refractivity contribution is 0.102. The molecule has 0 atom stereocenters. The Morgan fingerprint density at radius 1 is 1.06 bits per heavy atom. The summed E-state index contributed by atoms with van der Waals surface area (Å²) in [5.41, 5.74) is 2.73. The van der Waals surface area contributed by atoms with Gasteiger partial charge in [-0.3, -0.25) is 4.79 Å². The first-order chi connectivity index (χ1) is 15.6. The van der Waals surface area contributed by atoms with Crippen LogP contribution in [0.1, 0.15) is 41.1 Å². The Kier molecular flexibility index (Phi) is 5.26. The number of aromatic nitrogens is 5. The summed E-state index contributed by atoms with van der Waals surface area (Å²) in [7, 11) is 0. The predicted octanol–water partition coefficient (Wildman–Crippen LogP) is 4.56. The molecule has 2 aromatic heterocycles. The predicted molar refractivity (Wildman–Crippen MR) is 119 cm³/mol. The summed E-state index contributed by atoms with van der Waals surface area (Å²) in [6.45, 7) is 2.65. The van der Waals surface area contributed by atoms with Gasteiger partial charge in [0.1, 0.15) is 11.6 Å². The van der Waals surface area contributed by atoms with Crippen molar-refractivity contribution in [1.29, 1.82) is 0 Å². The van der Waals surface area contributed by atoms with E-state index in [-0.39, 0.29) is 5.69 Å². The van der Waals surface area contributed by atoms with Crippen LogP contribution in [0.2, 0.25) is 0 Å². The van der Waals surface area contributed by atoms with E-state index in [1.807, 2.05) is 37.3 Å². The highest BCUT2D eigenvalue weighted by atomic mass is 19.1. The molecule has 1 N–H and O–H groups in total. The fourth-order valence-electron chi connectivity index (χ4n) is 4.11. The van der Waals surface area contributed by atoms with Crippen LogP contribution in [-0.2, 0) is 13.0 Å². The summed E-state index contributed by atoms with van der Waals surface area (Å²) in [6.07, 6.45) is 5.70. The van der Waals surface area contributed by atoms with Gasteiger partial charge in [0.2, 0.25) is 0 Å². The first kappa shape index (κ1) is 20.1. The number of aryl methyl sites for hydroxylation is 1. The van der Waals surface area contributed by atoms with Crippen molar-refractivity contribution in [1.82, 2.24) is 24.5 Å². The number of hydrogen-bond acceptors (Lipinski definition) is 4. The van der Waals surface area contributed by atoms with Crippen LogP contribution in [0.15, 0.2) is 54.7 Å². The monoisotopic (exact) mass is 430 g/mol. The van der Waals surface area contributed by atoms with E-state index >= 15 is 0 Å². The van der Waals surface area contributed by atoms with Crippen LogP contribution in [-0.4, -0.2) is 30.5 Å². The molecular formula is C24H23FN6O. The van der Waals surface area contributed by atoms with Crippen molar-refractivity contribution >= 4 is 11.6 Å². The summed E-state index contributed by atoms with van der Waals surface area (Å²) in [5, 5.41) is 15.7. The number of hydrogen-bond donors (Lipinski definition) is 1. The second-order valence-corrected chi connectivity index (χ2v) is 7.94. The van der Waals surface area contributed by atoms with Gasteiger partial charge in [-0.25, -0.2) is 9.07 Å². The Balaban J connectivity index is 1.43. The summed E-state index contributed by atoms with van der Waals surface area (Å²) >= 11 is 0. The van der Waals surface area contributed by atoms with Gasteiger partial charge >= 0.3 is 0 Å². The third-order valence-corrected chi connectivity index (χ3v) is 5.84. The van der Waals surface area contributed by atoms with Gasteiger partial charge in [0.05, 0.1) is 28.8 Å². The molecule has 0 radical (unpaired) electrons. The topological polar surface area (TPSA) is 77.6 Å². The number of rotatable bonds is 4. The van der Waals surface area contributed by atoms with Gasteiger partial charge in [0.25, 0.3) is 5.91 Å². The van der Waals surface area contributed by atoms with Crippen LogP contribution in [0.5, 0.6) is 0 Å². The summed E-state index contributed by atoms with van der Waals surface area (Å²) in [5.74, 6) is 0.730. The number of amides is 1. The summed E-state index contributed by atoms with van der Waals surface area (Å²) in [6, 6.07) is 14.2. The number of nitrogens with zero attached hydrogens (tertiary/aromatic N) is 5. The van der Waals surface area contributed by atoms with Gasteiger partial charge in [-0.15, -0.1) is 10.2 Å². The first-order valence-corrected chi connectivity index (χ1v) is 10.8. The summed E-state index contributed by atoms with van der Waals surface area (Å²) < 4.78 is 18.4. The quantitative estimate of drug-likeness (QED) is 0.515. The van der Waals surface area contributed by atoms with Crippen LogP contribution in [0.25, 0.3) is 17.1 Å². The van der Waals surface area contributed by atoms with E-state index < -0.39 is 11.7 Å². The number of carbonyl (C=O) groups is 1. The fourth-order valence-corrected chi connectivity index (χ4v) is 4.11. The van der Waals surface area contributed by atoms with Crippen LogP contribution < -0.4 is 5.32 Å². The molecule has 0 saturated heterocycles. The molecule has 0 saturated carbocycles. The SMILES string of the molecule is Cc1c(C(=O)Nc2cc(-c3nnc4n3CCCCC4)ccc2F)cnn1-c1ccccc1. The highest BCUT2D eigenvalue weighted by Crippen LogP contribution is 2.27. The minimum atomic E-state index is -0.509. The summed E-state index contributed by atoms with van der Waals surface area (Å²) in [4.78, 5) is 12.9. The van der Waals surface area contributed by atoms with Gasteiger partial charge in [-0.2, -0.15) is 5.10 Å². The zero-order chi connectivity index (χ0) is 22.1.